The number of hydrogen-bond acceptors (Lipinski definition) is 3. The smallest absolute Gasteiger partial charge is 0.0897 e. The molecule has 1 unspecified atom stereocenters. The Morgan fingerprint density at radius 1 is 1.22 bits per heavy atom. The summed E-state index contributed by atoms with van der Waals surface area (Å²) in [4.78, 5) is 4.50. The monoisotopic (exact) mass is 260 g/mol. The van der Waals surface area contributed by atoms with E-state index in [1.165, 1.54) is 16.7 Å². The second-order valence-corrected chi connectivity index (χ2v) is 6.31. The number of benzene rings is 1. The zero-order valence-corrected chi connectivity index (χ0v) is 12.3. The Labute approximate surface area is 113 Å². The highest BCUT2D eigenvalue weighted by molar-refractivity contribution is 7.09. The second-order valence-electron chi connectivity index (χ2n) is 5.25. The molecule has 1 aromatic carbocycles. The molecule has 1 atom stereocenters. The van der Waals surface area contributed by atoms with Gasteiger partial charge in [-0.1, -0.05) is 18.2 Å². The predicted molar refractivity (Wildman–Crippen MR) is 78.0 cm³/mol. The molecule has 0 aliphatic heterocycles. The number of aromatic nitrogens is 1. The van der Waals surface area contributed by atoms with Crippen LogP contribution in [-0.4, -0.2) is 4.98 Å². The first-order valence-corrected chi connectivity index (χ1v) is 7.04. The Bertz CT molecular complexity index is 555. The minimum atomic E-state index is -0.362. The van der Waals surface area contributed by atoms with E-state index in [2.05, 4.69) is 49.3 Å². The molecule has 2 N–H and O–H groups in total. The summed E-state index contributed by atoms with van der Waals surface area (Å²) in [6, 6.07) is 6.46. The molecule has 2 rings (SSSR count). The standard InChI is InChI=1S/C15H20N2S/c1-10-5-6-13(7-11(10)2)15(4,16)8-14-9-18-12(3)17-14/h5-7,9H,8,16H2,1-4H3. The molecule has 0 fully saturated rings. The highest BCUT2D eigenvalue weighted by Gasteiger charge is 2.23. The van der Waals surface area contributed by atoms with Gasteiger partial charge in [-0.05, 0) is 44.4 Å². The summed E-state index contributed by atoms with van der Waals surface area (Å²) in [6.07, 6.45) is 0.778. The first-order chi connectivity index (χ1) is 8.38. The van der Waals surface area contributed by atoms with Gasteiger partial charge in [-0.25, -0.2) is 4.98 Å². The summed E-state index contributed by atoms with van der Waals surface area (Å²) in [5.74, 6) is 0. The van der Waals surface area contributed by atoms with Crippen molar-refractivity contribution in [2.24, 2.45) is 5.73 Å². The lowest BCUT2D eigenvalue weighted by Gasteiger charge is -2.25. The summed E-state index contributed by atoms with van der Waals surface area (Å²) in [5.41, 5.74) is 11.0. The summed E-state index contributed by atoms with van der Waals surface area (Å²) in [7, 11) is 0. The van der Waals surface area contributed by atoms with Gasteiger partial charge in [-0.3, -0.25) is 0 Å². The van der Waals surface area contributed by atoms with E-state index in [1.54, 1.807) is 11.3 Å². The number of thiazole rings is 1. The molecule has 0 aliphatic rings. The van der Waals surface area contributed by atoms with Crippen LogP contribution in [0.5, 0.6) is 0 Å². The van der Waals surface area contributed by atoms with E-state index in [9.17, 15) is 0 Å². The highest BCUT2D eigenvalue weighted by Crippen LogP contribution is 2.25. The molecule has 2 aromatic rings. The Hall–Kier alpha value is -1.19. The molecule has 1 heterocycles. The van der Waals surface area contributed by atoms with Crippen molar-refractivity contribution < 1.29 is 0 Å². The zero-order valence-electron chi connectivity index (χ0n) is 11.4. The molecule has 0 bridgehead atoms. The van der Waals surface area contributed by atoms with Gasteiger partial charge < -0.3 is 5.73 Å². The third-order valence-electron chi connectivity index (χ3n) is 3.38. The van der Waals surface area contributed by atoms with Crippen molar-refractivity contribution in [3.63, 3.8) is 0 Å². The van der Waals surface area contributed by atoms with Crippen LogP contribution >= 0.6 is 11.3 Å². The molecule has 0 aliphatic carbocycles. The van der Waals surface area contributed by atoms with E-state index >= 15 is 0 Å². The van der Waals surface area contributed by atoms with Crippen LogP contribution in [0.25, 0.3) is 0 Å². The van der Waals surface area contributed by atoms with Crippen LogP contribution in [0, 0.1) is 20.8 Å². The molecule has 0 saturated carbocycles. The molecule has 18 heavy (non-hydrogen) atoms. The molecule has 1 aromatic heterocycles. The lowest BCUT2D eigenvalue weighted by molar-refractivity contribution is 0.485. The maximum atomic E-state index is 6.46. The van der Waals surface area contributed by atoms with Crippen molar-refractivity contribution >= 4 is 11.3 Å². The van der Waals surface area contributed by atoms with Gasteiger partial charge in [0.25, 0.3) is 0 Å². The van der Waals surface area contributed by atoms with Gasteiger partial charge in [0.15, 0.2) is 0 Å². The highest BCUT2D eigenvalue weighted by atomic mass is 32.1. The summed E-state index contributed by atoms with van der Waals surface area (Å²) >= 11 is 1.68. The minimum Gasteiger partial charge on any atom is -0.321 e. The topological polar surface area (TPSA) is 38.9 Å². The maximum absolute atomic E-state index is 6.46. The third kappa shape index (κ3) is 2.79. The maximum Gasteiger partial charge on any atom is 0.0897 e. The minimum absolute atomic E-state index is 0.362. The van der Waals surface area contributed by atoms with Gasteiger partial charge in [-0.15, -0.1) is 11.3 Å². The summed E-state index contributed by atoms with van der Waals surface area (Å²) in [5, 5.41) is 3.20. The van der Waals surface area contributed by atoms with Crippen LogP contribution in [0.2, 0.25) is 0 Å². The third-order valence-corrected chi connectivity index (χ3v) is 4.20. The summed E-state index contributed by atoms with van der Waals surface area (Å²) < 4.78 is 0. The summed E-state index contributed by atoms with van der Waals surface area (Å²) in [6.45, 7) is 8.35. The fourth-order valence-electron chi connectivity index (χ4n) is 2.06. The van der Waals surface area contributed by atoms with Crippen LogP contribution in [0.1, 0.15) is 34.3 Å². The molecule has 3 heteroatoms. The van der Waals surface area contributed by atoms with Gasteiger partial charge >= 0.3 is 0 Å². The van der Waals surface area contributed by atoms with Gasteiger partial charge in [0.05, 0.1) is 10.7 Å². The normalized spacial score (nSPS) is 14.5. The van der Waals surface area contributed by atoms with Crippen LogP contribution in [0.3, 0.4) is 0 Å². The Balaban J connectivity index is 2.26. The average Bonchev–Trinajstić information content (AvgIpc) is 2.67. The predicted octanol–water partition coefficient (Wildman–Crippen LogP) is 3.48. The van der Waals surface area contributed by atoms with Gasteiger partial charge in [0, 0.05) is 17.3 Å². The van der Waals surface area contributed by atoms with Crippen molar-refractivity contribution in [2.75, 3.05) is 0 Å². The SMILES string of the molecule is Cc1nc(CC(C)(N)c2ccc(C)c(C)c2)cs1. The van der Waals surface area contributed by atoms with Crippen LogP contribution in [0.4, 0.5) is 0 Å². The lowest BCUT2D eigenvalue weighted by Crippen LogP contribution is -2.35. The van der Waals surface area contributed by atoms with Crippen molar-refractivity contribution in [3.8, 4) is 0 Å². The number of aryl methyl sites for hydroxylation is 3. The van der Waals surface area contributed by atoms with Crippen LogP contribution in [-0.2, 0) is 12.0 Å². The molecule has 0 saturated heterocycles. The Kier molecular flexibility index (Phi) is 3.55. The fraction of sp³-hybridized carbons (Fsp3) is 0.400. The largest absolute Gasteiger partial charge is 0.321 e. The van der Waals surface area contributed by atoms with E-state index in [-0.39, 0.29) is 5.54 Å². The number of hydrogen-bond donors (Lipinski definition) is 1. The number of rotatable bonds is 3. The molecular weight excluding hydrogens is 240 g/mol. The van der Waals surface area contributed by atoms with E-state index in [1.807, 2.05) is 6.92 Å². The van der Waals surface area contributed by atoms with Crippen LogP contribution in [0.15, 0.2) is 23.6 Å². The van der Waals surface area contributed by atoms with E-state index in [0.717, 1.165) is 17.1 Å². The fourth-order valence-corrected chi connectivity index (χ4v) is 2.68. The quantitative estimate of drug-likeness (QED) is 0.917. The van der Waals surface area contributed by atoms with Gasteiger partial charge in [0.1, 0.15) is 0 Å². The van der Waals surface area contributed by atoms with Gasteiger partial charge in [0.2, 0.25) is 0 Å². The van der Waals surface area contributed by atoms with Crippen molar-refractivity contribution in [1.82, 2.24) is 4.98 Å². The van der Waals surface area contributed by atoms with Crippen LogP contribution < -0.4 is 5.73 Å². The molecular formula is C15H20N2S. The first-order valence-electron chi connectivity index (χ1n) is 6.16. The Morgan fingerprint density at radius 3 is 2.50 bits per heavy atom. The molecule has 2 nitrogen and oxygen atoms in total. The Morgan fingerprint density at radius 2 is 1.94 bits per heavy atom. The lowest BCUT2D eigenvalue weighted by atomic mass is 9.87. The van der Waals surface area contributed by atoms with E-state index in [4.69, 9.17) is 5.73 Å². The molecule has 96 valence electrons. The first kappa shape index (κ1) is 13.2. The molecule has 0 radical (unpaired) electrons. The number of nitrogens with zero attached hydrogens (tertiary/aromatic N) is 1. The molecule has 0 spiro atoms. The zero-order chi connectivity index (χ0) is 13.3. The van der Waals surface area contributed by atoms with E-state index < -0.39 is 0 Å². The van der Waals surface area contributed by atoms with Crippen molar-refractivity contribution in [3.05, 3.63) is 51.0 Å². The molecule has 0 amide bonds. The average molecular weight is 260 g/mol. The second kappa shape index (κ2) is 4.82. The number of nitrogens with two attached hydrogens (primary N) is 1. The van der Waals surface area contributed by atoms with E-state index in [0.29, 0.717) is 0 Å². The van der Waals surface area contributed by atoms with Crippen molar-refractivity contribution in [1.29, 1.82) is 0 Å². The van der Waals surface area contributed by atoms with Crippen molar-refractivity contribution in [2.45, 2.75) is 39.7 Å². The van der Waals surface area contributed by atoms with Gasteiger partial charge in [-0.2, -0.15) is 0 Å².